The molecule has 2 aliphatic rings. The van der Waals surface area contributed by atoms with Gasteiger partial charge in [-0.25, -0.2) is 9.97 Å². The summed E-state index contributed by atoms with van der Waals surface area (Å²) in [5, 5.41) is 11.0. The van der Waals surface area contributed by atoms with E-state index < -0.39 is 0 Å². The number of anilines is 1. The number of amides is 2. The lowest BCUT2D eigenvalue weighted by Crippen LogP contribution is -2.43. The summed E-state index contributed by atoms with van der Waals surface area (Å²) >= 11 is 6.46. The van der Waals surface area contributed by atoms with Crippen molar-refractivity contribution in [2.24, 2.45) is 11.8 Å². The number of rotatable bonds is 8. The van der Waals surface area contributed by atoms with Crippen molar-refractivity contribution in [2.45, 2.75) is 44.2 Å². The third-order valence-electron chi connectivity index (χ3n) is 6.93. The lowest BCUT2D eigenvalue weighted by Gasteiger charge is -2.30. The highest BCUT2D eigenvalue weighted by Crippen LogP contribution is 2.38. The molecule has 0 spiro atoms. The second-order valence-electron chi connectivity index (χ2n) is 9.40. The maximum absolute atomic E-state index is 12.7. The summed E-state index contributed by atoms with van der Waals surface area (Å²) in [5.41, 5.74) is 2.65. The predicted octanol–water partition coefficient (Wildman–Crippen LogP) is 4.06. The van der Waals surface area contributed by atoms with Crippen molar-refractivity contribution in [1.29, 1.82) is 0 Å². The van der Waals surface area contributed by atoms with Crippen molar-refractivity contribution in [3.63, 3.8) is 0 Å². The maximum atomic E-state index is 12.7. The smallest absolute Gasteiger partial charge is 0.243 e. The first-order valence-corrected chi connectivity index (χ1v) is 12.5. The fourth-order valence-corrected chi connectivity index (χ4v) is 5.13. The molecule has 0 bridgehead atoms. The molecule has 2 aromatic heterocycles. The highest BCUT2D eigenvalue weighted by atomic mass is 35.5. The Balaban J connectivity index is 1.19. The highest BCUT2D eigenvalue weighted by Gasteiger charge is 2.43. The average Bonchev–Trinajstić information content (AvgIpc) is 3.53. The Kier molecular flexibility index (Phi) is 6.72. The van der Waals surface area contributed by atoms with Gasteiger partial charge in [0.25, 0.3) is 0 Å². The average molecular weight is 493 g/mol. The summed E-state index contributed by atoms with van der Waals surface area (Å²) < 4.78 is 0. The first-order valence-electron chi connectivity index (χ1n) is 12.1. The lowest BCUT2D eigenvalue weighted by atomic mass is 9.91. The van der Waals surface area contributed by atoms with Gasteiger partial charge in [0.05, 0.1) is 16.9 Å². The molecule has 5 rings (SSSR count). The zero-order valence-corrected chi connectivity index (χ0v) is 20.1. The largest absolute Gasteiger partial charge is 0.360 e. The number of hydrogen-bond donors (Lipinski definition) is 4. The van der Waals surface area contributed by atoms with Crippen LogP contribution < -0.4 is 16.0 Å². The number of carbonyl (C=O) groups is 2. The monoisotopic (exact) mass is 492 g/mol. The molecule has 8 nitrogen and oxygen atoms in total. The van der Waals surface area contributed by atoms with Gasteiger partial charge in [-0.05, 0) is 50.2 Å². The number of benzene rings is 1. The van der Waals surface area contributed by atoms with E-state index >= 15 is 0 Å². The number of para-hydroxylation sites is 1. The molecule has 9 heteroatoms. The van der Waals surface area contributed by atoms with E-state index in [9.17, 15) is 9.59 Å². The van der Waals surface area contributed by atoms with Gasteiger partial charge in [-0.3, -0.25) is 9.59 Å². The molecule has 2 amide bonds. The second kappa shape index (κ2) is 10.1. The SMILES string of the molecule is C=CC(=O)NC[C@H]1C[C@H]1C(=O)N[C@H]1CCC[C@@H](Nc2ncc(Cl)c(-c3c[nH]c4ccccc34)n2)C1. The van der Waals surface area contributed by atoms with Crippen LogP contribution in [-0.2, 0) is 9.59 Å². The summed E-state index contributed by atoms with van der Waals surface area (Å²) in [7, 11) is 0. The molecular weight excluding hydrogens is 464 g/mol. The van der Waals surface area contributed by atoms with Crippen molar-refractivity contribution in [3.8, 4) is 11.3 Å². The van der Waals surface area contributed by atoms with E-state index in [4.69, 9.17) is 16.6 Å². The van der Waals surface area contributed by atoms with Crippen molar-refractivity contribution >= 4 is 40.3 Å². The molecule has 3 aromatic rings. The number of H-pyrrole nitrogens is 1. The Labute approximate surface area is 209 Å². The van der Waals surface area contributed by atoms with Crippen molar-refractivity contribution in [3.05, 3.63) is 54.3 Å². The van der Waals surface area contributed by atoms with Gasteiger partial charge >= 0.3 is 0 Å². The minimum atomic E-state index is -0.200. The molecule has 0 aliphatic heterocycles. The topological polar surface area (TPSA) is 112 Å². The van der Waals surface area contributed by atoms with Gasteiger partial charge in [-0.2, -0.15) is 0 Å². The maximum Gasteiger partial charge on any atom is 0.243 e. The third-order valence-corrected chi connectivity index (χ3v) is 7.20. The van der Waals surface area contributed by atoms with Crippen LogP contribution in [0.15, 0.2) is 49.3 Å². The van der Waals surface area contributed by atoms with E-state index in [-0.39, 0.29) is 35.7 Å². The van der Waals surface area contributed by atoms with Crippen molar-refractivity contribution in [1.82, 2.24) is 25.6 Å². The van der Waals surface area contributed by atoms with Crippen molar-refractivity contribution in [2.75, 3.05) is 11.9 Å². The van der Waals surface area contributed by atoms with Crippen LogP contribution in [0.3, 0.4) is 0 Å². The number of hydrogen-bond acceptors (Lipinski definition) is 5. The fourth-order valence-electron chi connectivity index (χ4n) is 4.93. The normalized spacial score (nSPS) is 23.5. The Morgan fingerprint density at radius 2 is 2.03 bits per heavy atom. The van der Waals surface area contributed by atoms with Gasteiger partial charge in [-0.15, -0.1) is 0 Å². The summed E-state index contributed by atoms with van der Waals surface area (Å²) in [4.78, 5) is 36.4. The molecule has 35 heavy (non-hydrogen) atoms. The van der Waals surface area contributed by atoms with Crippen LogP contribution in [0.4, 0.5) is 5.95 Å². The van der Waals surface area contributed by atoms with E-state index in [1.807, 2.05) is 30.5 Å². The molecule has 0 saturated heterocycles. The van der Waals surface area contributed by atoms with Gasteiger partial charge in [-0.1, -0.05) is 36.4 Å². The van der Waals surface area contributed by atoms with Crippen LogP contribution in [0.1, 0.15) is 32.1 Å². The highest BCUT2D eigenvalue weighted by molar-refractivity contribution is 6.33. The molecule has 4 atom stereocenters. The molecular formula is C26H29ClN6O2. The first-order chi connectivity index (χ1) is 17.0. The summed E-state index contributed by atoms with van der Waals surface area (Å²) in [6.45, 7) is 3.97. The van der Waals surface area contributed by atoms with Crippen LogP contribution in [0, 0.1) is 11.8 Å². The Morgan fingerprint density at radius 1 is 1.20 bits per heavy atom. The summed E-state index contributed by atoms with van der Waals surface area (Å²) in [6, 6.07) is 8.31. The molecule has 2 fully saturated rings. The standard InChI is InChI=1S/C26H29ClN6O2/c1-2-23(34)29-12-15-10-19(15)25(35)31-16-6-5-7-17(11-16)32-26-30-14-21(27)24(33-26)20-13-28-22-9-4-3-8-18(20)22/h2-4,8-9,13-17,19,28H,1,5-7,10-12H2,(H,29,34)(H,31,35)(H,30,32,33)/t15-,16+,17-,19-/m1/s1. The molecule has 2 aliphatic carbocycles. The van der Waals surface area contributed by atoms with Crippen LogP contribution in [0.5, 0.6) is 0 Å². The number of carbonyl (C=O) groups excluding carboxylic acids is 2. The molecule has 182 valence electrons. The number of nitrogens with one attached hydrogen (secondary N) is 4. The van der Waals surface area contributed by atoms with Gasteiger partial charge in [0.15, 0.2) is 0 Å². The fraction of sp³-hybridized carbons (Fsp3) is 0.385. The van der Waals surface area contributed by atoms with Crippen molar-refractivity contribution < 1.29 is 9.59 Å². The minimum absolute atomic E-state index is 0.0215. The molecule has 1 aromatic carbocycles. The van der Waals surface area contributed by atoms with E-state index in [2.05, 4.69) is 32.5 Å². The molecule has 2 saturated carbocycles. The molecule has 0 unspecified atom stereocenters. The Hall–Kier alpha value is -3.39. The lowest BCUT2D eigenvalue weighted by molar-refractivity contribution is -0.123. The summed E-state index contributed by atoms with van der Waals surface area (Å²) in [5.74, 6) is 0.605. The first kappa shape index (κ1) is 23.4. The van der Waals surface area contributed by atoms with Crippen LogP contribution >= 0.6 is 11.6 Å². The van der Waals surface area contributed by atoms with Crippen LogP contribution in [0.25, 0.3) is 22.2 Å². The summed E-state index contributed by atoms with van der Waals surface area (Å²) in [6.07, 6.45) is 9.38. The molecule has 0 radical (unpaired) electrons. The molecule has 2 heterocycles. The van der Waals surface area contributed by atoms with Crippen LogP contribution in [0.2, 0.25) is 5.02 Å². The quantitative estimate of drug-likeness (QED) is 0.354. The van der Waals surface area contributed by atoms with Crippen LogP contribution in [-0.4, -0.2) is 45.4 Å². The second-order valence-corrected chi connectivity index (χ2v) is 9.81. The van der Waals surface area contributed by atoms with Gasteiger partial charge in [0.1, 0.15) is 0 Å². The zero-order valence-electron chi connectivity index (χ0n) is 19.4. The van der Waals surface area contributed by atoms with Gasteiger partial charge in [0.2, 0.25) is 17.8 Å². The predicted molar refractivity (Wildman–Crippen MR) is 137 cm³/mol. The molecule has 4 N–H and O–H groups in total. The van der Waals surface area contributed by atoms with Gasteiger partial charge < -0.3 is 20.9 Å². The Bertz CT molecular complexity index is 1260. The van der Waals surface area contributed by atoms with E-state index in [1.165, 1.54) is 6.08 Å². The number of nitrogens with zero attached hydrogens (tertiary/aromatic N) is 2. The number of halogens is 1. The Morgan fingerprint density at radius 3 is 2.89 bits per heavy atom. The van der Waals surface area contributed by atoms with Gasteiger partial charge in [0, 0.05) is 47.2 Å². The number of aromatic nitrogens is 3. The minimum Gasteiger partial charge on any atom is -0.360 e. The third kappa shape index (κ3) is 5.32. The number of fused-ring (bicyclic) bond motifs is 1. The van der Waals surface area contributed by atoms with E-state index in [0.29, 0.717) is 23.2 Å². The number of aromatic amines is 1. The van der Waals surface area contributed by atoms with E-state index in [0.717, 1.165) is 48.6 Å². The zero-order chi connectivity index (χ0) is 24.4. The van der Waals surface area contributed by atoms with E-state index in [1.54, 1.807) is 6.20 Å².